The Labute approximate surface area is 125 Å². The lowest BCUT2D eigenvalue weighted by Crippen LogP contribution is -2.34. The van der Waals surface area contributed by atoms with Crippen molar-refractivity contribution in [3.8, 4) is 0 Å². The molecular weight excluding hydrogens is 298 g/mol. The van der Waals surface area contributed by atoms with Gasteiger partial charge < -0.3 is 4.90 Å². The van der Waals surface area contributed by atoms with Crippen molar-refractivity contribution in [3.05, 3.63) is 23.5 Å². The van der Waals surface area contributed by atoms with Crippen LogP contribution in [0.1, 0.15) is 19.8 Å². The normalized spacial score (nSPS) is 18.3. The van der Waals surface area contributed by atoms with Crippen LogP contribution in [0.2, 0.25) is 5.02 Å². The summed E-state index contributed by atoms with van der Waals surface area (Å²) in [6.45, 7) is 5.61. The topological polar surface area (TPSA) is 62.3 Å². The zero-order valence-corrected chi connectivity index (χ0v) is 13.1. The predicted molar refractivity (Wildman–Crippen MR) is 79.3 cm³/mol. The molecule has 2 rings (SSSR count). The molecule has 7 heteroatoms. The molecule has 1 N–H and O–H groups in total. The van der Waals surface area contributed by atoms with E-state index in [9.17, 15) is 8.42 Å². The quantitative estimate of drug-likeness (QED) is 0.868. The van der Waals surface area contributed by atoms with Crippen molar-refractivity contribution < 1.29 is 8.42 Å². The van der Waals surface area contributed by atoms with Gasteiger partial charge in [0.05, 0.1) is 5.02 Å². The van der Waals surface area contributed by atoms with Gasteiger partial charge in [-0.05, 0) is 37.9 Å². The van der Waals surface area contributed by atoms with E-state index in [1.807, 2.05) is 6.92 Å². The van der Waals surface area contributed by atoms with E-state index in [4.69, 9.17) is 11.6 Å². The lowest BCUT2D eigenvalue weighted by atomic mass is 10.2. The van der Waals surface area contributed by atoms with E-state index in [-0.39, 0.29) is 15.8 Å². The third-order valence-electron chi connectivity index (χ3n) is 3.41. The number of halogens is 1. The van der Waals surface area contributed by atoms with Crippen molar-refractivity contribution in [2.75, 3.05) is 26.2 Å². The Kier molecular flexibility index (Phi) is 5.37. The average molecular weight is 318 g/mol. The van der Waals surface area contributed by atoms with E-state index in [2.05, 4.69) is 14.6 Å². The van der Waals surface area contributed by atoms with Crippen LogP contribution in [0.4, 0.5) is 0 Å². The third-order valence-corrected chi connectivity index (χ3v) is 5.31. The number of aromatic nitrogens is 1. The second-order valence-electron chi connectivity index (χ2n) is 5.27. The van der Waals surface area contributed by atoms with Crippen LogP contribution < -0.4 is 4.72 Å². The molecule has 0 radical (unpaired) electrons. The second-order valence-corrected chi connectivity index (χ2v) is 7.41. The lowest BCUT2D eigenvalue weighted by molar-refractivity contribution is 0.288. The maximum absolute atomic E-state index is 12.1. The summed E-state index contributed by atoms with van der Waals surface area (Å²) in [5, 5.41) is 0.194. The van der Waals surface area contributed by atoms with Crippen LogP contribution in [-0.2, 0) is 10.0 Å². The van der Waals surface area contributed by atoms with Gasteiger partial charge in [0.1, 0.15) is 4.90 Å². The monoisotopic (exact) mass is 317 g/mol. The molecule has 1 aromatic heterocycles. The SMILES string of the molecule is CC(CNS(=O)(=O)c1cnccc1Cl)CN1CCCC1. The Morgan fingerprint density at radius 3 is 2.80 bits per heavy atom. The molecule has 0 amide bonds. The number of pyridine rings is 1. The molecule has 0 aliphatic carbocycles. The minimum Gasteiger partial charge on any atom is -0.303 e. The van der Waals surface area contributed by atoms with E-state index in [1.165, 1.54) is 31.3 Å². The van der Waals surface area contributed by atoms with Gasteiger partial charge in [-0.3, -0.25) is 4.98 Å². The van der Waals surface area contributed by atoms with Gasteiger partial charge in [0.2, 0.25) is 10.0 Å². The highest BCUT2D eigenvalue weighted by Gasteiger charge is 2.20. The van der Waals surface area contributed by atoms with Crippen LogP contribution in [0.3, 0.4) is 0 Å². The highest BCUT2D eigenvalue weighted by molar-refractivity contribution is 7.89. The maximum atomic E-state index is 12.1. The fourth-order valence-corrected chi connectivity index (χ4v) is 3.95. The minimum absolute atomic E-state index is 0.0371. The summed E-state index contributed by atoms with van der Waals surface area (Å²) in [5.41, 5.74) is 0. The van der Waals surface area contributed by atoms with Crippen molar-refractivity contribution in [1.82, 2.24) is 14.6 Å². The van der Waals surface area contributed by atoms with Crippen LogP contribution in [-0.4, -0.2) is 44.5 Å². The van der Waals surface area contributed by atoms with Gasteiger partial charge in [-0.15, -0.1) is 0 Å². The third kappa shape index (κ3) is 4.15. The van der Waals surface area contributed by atoms with Gasteiger partial charge >= 0.3 is 0 Å². The van der Waals surface area contributed by atoms with Crippen molar-refractivity contribution in [3.63, 3.8) is 0 Å². The Morgan fingerprint density at radius 2 is 2.15 bits per heavy atom. The Morgan fingerprint density at radius 1 is 1.45 bits per heavy atom. The van der Waals surface area contributed by atoms with Crippen molar-refractivity contribution >= 4 is 21.6 Å². The molecule has 0 aromatic carbocycles. The predicted octanol–water partition coefficient (Wildman–Crippen LogP) is 1.75. The molecule has 1 atom stereocenters. The summed E-state index contributed by atoms with van der Waals surface area (Å²) in [6.07, 6.45) is 5.22. The van der Waals surface area contributed by atoms with E-state index < -0.39 is 10.0 Å². The molecular formula is C13H20ClN3O2S. The molecule has 1 unspecified atom stereocenters. The Balaban J connectivity index is 1.90. The summed E-state index contributed by atoms with van der Waals surface area (Å²) in [5.74, 6) is 0.262. The molecule has 1 saturated heterocycles. The number of hydrogen-bond acceptors (Lipinski definition) is 4. The zero-order valence-electron chi connectivity index (χ0n) is 11.5. The Hall–Kier alpha value is -0.690. The van der Waals surface area contributed by atoms with Gasteiger partial charge in [0.15, 0.2) is 0 Å². The number of likely N-dealkylation sites (tertiary alicyclic amines) is 1. The first kappa shape index (κ1) is 15.7. The summed E-state index contributed by atoms with van der Waals surface area (Å²) in [7, 11) is -3.58. The van der Waals surface area contributed by atoms with E-state index in [0.717, 1.165) is 19.6 Å². The van der Waals surface area contributed by atoms with Gasteiger partial charge in [-0.1, -0.05) is 18.5 Å². The number of hydrogen-bond donors (Lipinski definition) is 1. The highest BCUT2D eigenvalue weighted by atomic mass is 35.5. The number of rotatable bonds is 6. The number of nitrogens with one attached hydrogen (secondary N) is 1. The van der Waals surface area contributed by atoms with Crippen LogP contribution >= 0.6 is 11.6 Å². The molecule has 0 bridgehead atoms. The molecule has 5 nitrogen and oxygen atoms in total. The second kappa shape index (κ2) is 6.85. The van der Waals surface area contributed by atoms with Crippen LogP contribution in [0.25, 0.3) is 0 Å². The fourth-order valence-electron chi connectivity index (χ4n) is 2.36. The van der Waals surface area contributed by atoms with Crippen LogP contribution in [0.15, 0.2) is 23.4 Å². The smallest absolute Gasteiger partial charge is 0.243 e. The van der Waals surface area contributed by atoms with E-state index in [1.54, 1.807) is 0 Å². The largest absolute Gasteiger partial charge is 0.303 e. The van der Waals surface area contributed by atoms with Gasteiger partial charge in [-0.25, -0.2) is 13.1 Å². The molecule has 1 fully saturated rings. The summed E-state index contributed by atoms with van der Waals surface area (Å²) >= 11 is 5.89. The molecule has 1 aliphatic rings. The van der Waals surface area contributed by atoms with Crippen molar-refractivity contribution in [2.24, 2.45) is 5.92 Å². The number of nitrogens with zero attached hydrogens (tertiary/aromatic N) is 2. The molecule has 2 heterocycles. The van der Waals surface area contributed by atoms with Crippen LogP contribution in [0, 0.1) is 5.92 Å². The standard InChI is InChI=1S/C13H20ClN3O2S/c1-11(10-17-6-2-3-7-17)8-16-20(18,19)13-9-15-5-4-12(13)14/h4-5,9,11,16H,2-3,6-8,10H2,1H3. The molecule has 1 aromatic rings. The first-order valence-electron chi connectivity index (χ1n) is 6.80. The minimum atomic E-state index is -3.58. The maximum Gasteiger partial charge on any atom is 0.243 e. The fraction of sp³-hybridized carbons (Fsp3) is 0.615. The van der Waals surface area contributed by atoms with Crippen molar-refractivity contribution in [1.29, 1.82) is 0 Å². The van der Waals surface area contributed by atoms with Gasteiger partial charge in [0, 0.05) is 25.5 Å². The van der Waals surface area contributed by atoms with Crippen LogP contribution in [0.5, 0.6) is 0 Å². The molecule has 20 heavy (non-hydrogen) atoms. The summed E-state index contributed by atoms with van der Waals surface area (Å²) < 4.78 is 26.9. The molecule has 0 saturated carbocycles. The Bertz CT molecular complexity index is 544. The van der Waals surface area contributed by atoms with Gasteiger partial charge in [0.25, 0.3) is 0 Å². The van der Waals surface area contributed by atoms with E-state index >= 15 is 0 Å². The lowest BCUT2D eigenvalue weighted by Gasteiger charge is -2.20. The molecule has 112 valence electrons. The molecule has 0 spiro atoms. The molecule has 1 aliphatic heterocycles. The first-order chi connectivity index (χ1) is 9.49. The van der Waals surface area contributed by atoms with E-state index in [0.29, 0.717) is 6.54 Å². The highest BCUT2D eigenvalue weighted by Crippen LogP contribution is 2.19. The van der Waals surface area contributed by atoms with Crippen molar-refractivity contribution in [2.45, 2.75) is 24.7 Å². The zero-order chi connectivity index (χ0) is 14.6. The first-order valence-corrected chi connectivity index (χ1v) is 8.66. The number of sulfonamides is 1. The summed E-state index contributed by atoms with van der Waals surface area (Å²) in [6, 6.07) is 1.48. The average Bonchev–Trinajstić information content (AvgIpc) is 2.90. The summed E-state index contributed by atoms with van der Waals surface area (Å²) in [4.78, 5) is 6.22. The van der Waals surface area contributed by atoms with Gasteiger partial charge in [-0.2, -0.15) is 0 Å².